The third-order valence-electron chi connectivity index (χ3n) is 4.69. The van der Waals surface area contributed by atoms with E-state index in [1.54, 1.807) is 44.2 Å². The molecular weight excluding hydrogens is 441 g/mol. The highest BCUT2D eigenvalue weighted by Crippen LogP contribution is 2.34. The molecule has 0 atom stereocenters. The number of hydrogen-bond donors (Lipinski definition) is 1. The second-order valence-corrected chi connectivity index (χ2v) is 9.12. The minimum Gasteiger partial charge on any atom is -0.324 e. The maximum atomic E-state index is 13.3. The van der Waals surface area contributed by atoms with E-state index in [1.165, 1.54) is 30.3 Å². The van der Waals surface area contributed by atoms with Crippen LogP contribution in [0.25, 0.3) is 0 Å². The maximum Gasteiger partial charge on any atom is 0.418 e. The third kappa shape index (κ3) is 5.28. The molecule has 0 aliphatic heterocycles. The van der Waals surface area contributed by atoms with Crippen molar-refractivity contribution in [2.75, 3.05) is 16.2 Å². The topological polar surface area (TPSA) is 66.5 Å². The Labute approximate surface area is 184 Å². The van der Waals surface area contributed by atoms with Gasteiger partial charge in [-0.15, -0.1) is 0 Å². The first-order valence-electron chi connectivity index (χ1n) is 9.60. The predicted molar refractivity (Wildman–Crippen MR) is 117 cm³/mol. The first-order valence-corrected chi connectivity index (χ1v) is 11.0. The second-order valence-electron chi connectivity index (χ2n) is 7.26. The van der Waals surface area contributed by atoms with Crippen LogP contribution in [0.1, 0.15) is 16.7 Å². The maximum absolute atomic E-state index is 13.3. The van der Waals surface area contributed by atoms with E-state index >= 15 is 0 Å². The lowest BCUT2D eigenvalue weighted by molar-refractivity contribution is -0.137. The first kappa shape index (κ1) is 23.3. The Balaban J connectivity index is 1.97. The van der Waals surface area contributed by atoms with E-state index in [0.717, 1.165) is 27.6 Å². The number of para-hydroxylation sites is 1. The van der Waals surface area contributed by atoms with Crippen LogP contribution in [0.3, 0.4) is 0 Å². The molecule has 0 radical (unpaired) electrons. The van der Waals surface area contributed by atoms with E-state index in [1.807, 2.05) is 0 Å². The van der Waals surface area contributed by atoms with Crippen molar-refractivity contribution in [2.45, 2.75) is 24.9 Å². The Morgan fingerprint density at radius 1 is 0.906 bits per heavy atom. The number of nitrogens with zero attached hydrogens (tertiary/aromatic N) is 1. The summed E-state index contributed by atoms with van der Waals surface area (Å²) in [4.78, 5) is 12.7. The Kier molecular flexibility index (Phi) is 6.59. The highest BCUT2D eigenvalue weighted by molar-refractivity contribution is 7.92. The Bertz CT molecular complexity index is 1220. The van der Waals surface area contributed by atoms with Crippen LogP contribution in [-0.2, 0) is 21.0 Å². The molecule has 0 saturated heterocycles. The fraction of sp³-hybridized carbons (Fsp3) is 0.174. The van der Waals surface area contributed by atoms with E-state index in [4.69, 9.17) is 0 Å². The third-order valence-corrected chi connectivity index (χ3v) is 6.48. The van der Waals surface area contributed by atoms with Crippen LogP contribution >= 0.6 is 0 Å². The van der Waals surface area contributed by atoms with E-state index < -0.39 is 39.9 Å². The molecule has 9 heteroatoms. The van der Waals surface area contributed by atoms with Gasteiger partial charge in [-0.2, -0.15) is 13.2 Å². The van der Waals surface area contributed by atoms with Crippen molar-refractivity contribution in [1.29, 1.82) is 0 Å². The summed E-state index contributed by atoms with van der Waals surface area (Å²) in [6, 6.07) is 17.1. The minimum absolute atomic E-state index is 0.0342. The number of rotatable bonds is 6. The average Bonchev–Trinajstić information content (AvgIpc) is 2.72. The van der Waals surface area contributed by atoms with Gasteiger partial charge in [0.05, 0.1) is 21.8 Å². The second kappa shape index (κ2) is 9.04. The van der Waals surface area contributed by atoms with Gasteiger partial charge >= 0.3 is 6.18 Å². The highest BCUT2D eigenvalue weighted by Gasteiger charge is 2.34. The standard InChI is InChI=1S/C23H21F3N2O3S/c1-16-10-12-19(13-11-16)32(30,31)28(18-7-5-6-17(2)14-18)15-22(29)27-21-9-4-3-8-20(21)23(24,25)26/h3-14H,15H2,1-2H3,(H,27,29). The quantitative estimate of drug-likeness (QED) is 0.551. The summed E-state index contributed by atoms with van der Waals surface area (Å²) < 4.78 is 67.3. The summed E-state index contributed by atoms with van der Waals surface area (Å²) >= 11 is 0. The molecule has 1 amide bonds. The molecule has 1 N–H and O–H groups in total. The lowest BCUT2D eigenvalue weighted by Crippen LogP contribution is -2.38. The summed E-state index contributed by atoms with van der Waals surface area (Å²) in [5.74, 6) is -0.904. The summed E-state index contributed by atoms with van der Waals surface area (Å²) in [5.41, 5.74) is 0.380. The number of halogens is 3. The molecule has 0 spiro atoms. The fourth-order valence-corrected chi connectivity index (χ4v) is 4.51. The smallest absolute Gasteiger partial charge is 0.324 e. The summed E-state index contributed by atoms with van der Waals surface area (Å²) in [6.45, 7) is 2.87. The molecule has 168 valence electrons. The van der Waals surface area contributed by atoms with Gasteiger partial charge in [0.25, 0.3) is 10.0 Å². The largest absolute Gasteiger partial charge is 0.418 e. The van der Waals surface area contributed by atoms with Gasteiger partial charge < -0.3 is 5.32 Å². The normalized spacial score (nSPS) is 11.8. The molecule has 0 heterocycles. The monoisotopic (exact) mass is 462 g/mol. The van der Waals surface area contributed by atoms with Crippen molar-refractivity contribution < 1.29 is 26.4 Å². The summed E-state index contributed by atoms with van der Waals surface area (Å²) in [6.07, 6.45) is -4.67. The lowest BCUT2D eigenvalue weighted by atomic mass is 10.1. The van der Waals surface area contributed by atoms with Crippen LogP contribution < -0.4 is 9.62 Å². The number of anilines is 2. The van der Waals surface area contributed by atoms with Gasteiger partial charge in [0.2, 0.25) is 5.91 Å². The van der Waals surface area contributed by atoms with Gasteiger partial charge in [0, 0.05) is 0 Å². The van der Waals surface area contributed by atoms with Gasteiger partial charge in [-0.25, -0.2) is 8.42 Å². The number of carbonyl (C=O) groups excluding carboxylic acids is 1. The van der Waals surface area contributed by atoms with Crippen molar-refractivity contribution in [3.05, 3.63) is 89.5 Å². The number of aryl methyl sites for hydroxylation is 2. The molecule has 0 bridgehead atoms. The Morgan fingerprint density at radius 3 is 2.19 bits per heavy atom. The zero-order chi connectivity index (χ0) is 23.5. The number of alkyl halides is 3. The molecule has 0 fully saturated rings. The van der Waals surface area contributed by atoms with Crippen LogP contribution in [-0.4, -0.2) is 20.9 Å². The molecular formula is C23H21F3N2O3S. The van der Waals surface area contributed by atoms with Gasteiger partial charge in [-0.1, -0.05) is 42.0 Å². The number of sulfonamides is 1. The number of carbonyl (C=O) groups is 1. The molecule has 3 rings (SSSR count). The SMILES string of the molecule is Cc1ccc(S(=O)(=O)N(CC(=O)Nc2ccccc2C(F)(F)F)c2cccc(C)c2)cc1. The van der Waals surface area contributed by atoms with Gasteiger partial charge in [0.15, 0.2) is 0 Å². The first-order chi connectivity index (χ1) is 15.0. The van der Waals surface area contributed by atoms with Gasteiger partial charge in [-0.3, -0.25) is 9.10 Å². The molecule has 3 aromatic rings. The number of hydrogen-bond acceptors (Lipinski definition) is 3. The molecule has 0 saturated carbocycles. The molecule has 0 aromatic heterocycles. The molecule has 0 aliphatic rings. The molecule has 5 nitrogen and oxygen atoms in total. The van der Waals surface area contributed by atoms with Crippen molar-refractivity contribution in [1.82, 2.24) is 0 Å². The Morgan fingerprint density at radius 2 is 1.56 bits per heavy atom. The minimum atomic E-state index is -4.67. The van der Waals surface area contributed by atoms with Crippen LogP contribution in [0.5, 0.6) is 0 Å². The molecule has 0 unspecified atom stereocenters. The van der Waals surface area contributed by atoms with Crippen LogP contribution in [0.2, 0.25) is 0 Å². The van der Waals surface area contributed by atoms with E-state index in [2.05, 4.69) is 5.32 Å². The zero-order valence-electron chi connectivity index (χ0n) is 17.3. The van der Waals surface area contributed by atoms with Crippen LogP contribution in [0, 0.1) is 13.8 Å². The van der Waals surface area contributed by atoms with Gasteiger partial charge in [0.1, 0.15) is 6.54 Å². The van der Waals surface area contributed by atoms with Crippen molar-refractivity contribution >= 4 is 27.3 Å². The van der Waals surface area contributed by atoms with E-state index in [0.29, 0.717) is 0 Å². The van der Waals surface area contributed by atoms with Crippen LogP contribution in [0.4, 0.5) is 24.5 Å². The van der Waals surface area contributed by atoms with Crippen molar-refractivity contribution in [2.24, 2.45) is 0 Å². The highest BCUT2D eigenvalue weighted by atomic mass is 32.2. The number of amides is 1. The number of nitrogens with one attached hydrogen (secondary N) is 1. The molecule has 3 aromatic carbocycles. The number of benzene rings is 3. The Hall–Kier alpha value is -3.33. The molecule has 0 aliphatic carbocycles. The van der Waals surface area contributed by atoms with Crippen molar-refractivity contribution in [3.63, 3.8) is 0 Å². The van der Waals surface area contributed by atoms with Crippen molar-refractivity contribution in [3.8, 4) is 0 Å². The summed E-state index contributed by atoms with van der Waals surface area (Å²) in [5, 5.41) is 2.20. The van der Waals surface area contributed by atoms with E-state index in [-0.39, 0.29) is 10.6 Å². The zero-order valence-corrected chi connectivity index (χ0v) is 18.2. The summed E-state index contributed by atoms with van der Waals surface area (Å²) in [7, 11) is -4.16. The van der Waals surface area contributed by atoms with Crippen LogP contribution in [0.15, 0.2) is 77.7 Å². The fourth-order valence-electron chi connectivity index (χ4n) is 3.10. The predicted octanol–water partition coefficient (Wildman–Crippen LogP) is 5.16. The molecule has 32 heavy (non-hydrogen) atoms. The van der Waals surface area contributed by atoms with Gasteiger partial charge in [-0.05, 0) is 55.8 Å². The average molecular weight is 462 g/mol. The lowest BCUT2D eigenvalue weighted by Gasteiger charge is -2.25. The van der Waals surface area contributed by atoms with E-state index in [9.17, 15) is 26.4 Å².